The summed E-state index contributed by atoms with van der Waals surface area (Å²) in [5.41, 5.74) is 1.61. The van der Waals surface area contributed by atoms with Crippen LogP contribution < -0.4 is 14.8 Å². The Balaban J connectivity index is 1.86. The number of rotatable bonds is 12. The summed E-state index contributed by atoms with van der Waals surface area (Å²) in [5, 5.41) is 12.0. The smallest absolute Gasteiger partial charge is 0.326 e. The summed E-state index contributed by atoms with van der Waals surface area (Å²) >= 11 is 0. The fourth-order valence-corrected chi connectivity index (χ4v) is 2.91. The zero-order chi connectivity index (χ0) is 23.5. The number of aryl methyl sites for hydroxylation is 1. The summed E-state index contributed by atoms with van der Waals surface area (Å²) in [4.78, 5) is 46.5. The maximum atomic E-state index is 12.2. The molecule has 1 unspecified atom stereocenters. The van der Waals surface area contributed by atoms with Crippen LogP contribution >= 0.6 is 0 Å². The maximum absolute atomic E-state index is 12.2. The quantitative estimate of drug-likeness (QED) is 0.384. The molecule has 170 valence electrons. The molecular formula is C24H27NO7. The Morgan fingerprint density at radius 1 is 0.875 bits per heavy atom. The van der Waals surface area contributed by atoms with E-state index in [9.17, 15) is 24.3 Å². The van der Waals surface area contributed by atoms with Gasteiger partial charge in [-0.2, -0.15) is 0 Å². The summed E-state index contributed by atoms with van der Waals surface area (Å²) in [5.74, 6) is -1.07. The Hall–Kier alpha value is -3.68. The molecule has 0 saturated heterocycles. The second kappa shape index (κ2) is 12.2. The van der Waals surface area contributed by atoms with Crippen molar-refractivity contribution in [3.63, 3.8) is 0 Å². The van der Waals surface area contributed by atoms with Gasteiger partial charge in [0.15, 0.2) is 0 Å². The molecule has 0 aliphatic carbocycles. The van der Waals surface area contributed by atoms with Crippen molar-refractivity contribution in [3.05, 3.63) is 59.7 Å². The summed E-state index contributed by atoms with van der Waals surface area (Å²) < 4.78 is 10.2. The van der Waals surface area contributed by atoms with Gasteiger partial charge in [0.05, 0.1) is 13.5 Å². The van der Waals surface area contributed by atoms with Crippen LogP contribution in [0, 0.1) is 0 Å². The van der Waals surface area contributed by atoms with Gasteiger partial charge in [-0.3, -0.25) is 9.59 Å². The second-order valence-electron chi connectivity index (χ2n) is 7.33. The third-order valence-corrected chi connectivity index (χ3v) is 4.71. The van der Waals surface area contributed by atoms with Gasteiger partial charge in [-0.05, 0) is 48.7 Å². The minimum atomic E-state index is -1.14. The molecule has 0 aromatic heterocycles. The fourth-order valence-electron chi connectivity index (χ4n) is 2.91. The number of ether oxygens (including phenoxy) is 2. The van der Waals surface area contributed by atoms with Gasteiger partial charge in [0.1, 0.15) is 23.3 Å². The molecule has 2 rings (SSSR count). The van der Waals surface area contributed by atoms with Crippen LogP contribution in [0.3, 0.4) is 0 Å². The number of aliphatic carboxylic acids is 1. The van der Waals surface area contributed by atoms with Gasteiger partial charge in [-0.25, -0.2) is 4.79 Å². The van der Waals surface area contributed by atoms with Gasteiger partial charge in [-0.15, -0.1) is 0 Å². The molecule has 0 aliphatic rings. The Labute approximate surface area is 186 Å². The number of carbonyl (C=O) groups is 4. The molecule has 2 aromatic rings. The number of hydrogen-bond donors (Lipinski definition) is 2. The molecule has 0 saturated carbocycles. The van der Waals surface area contributed by atoms with Gasteiger partial charge in [0, 0.05) is 19.3 Å². The highest BCUT2D eigenvalue weighted by Gasteiger charge is 2.20. The molecular weight excluding hydrogens is 414 g/mol. The topological polar surface area (TPSA) is 119 Å². The van der Waals surface area contributed by atoms with E-state index in [2.05, 4.69) is 5.32 Å². The molecule has 8 heteroatoms. The highest BCUT2D eigenvalue weighted by Crippen LogP contribution is 2.15. The third-order valence-electron chi connectivity index (χ3n) is 4.71. The van der Waals surface area contributed by atoms with Crippen molar-refractivity contribution in [1.82, 2.24) is 5.32 Å². The van der Waals surface area contributed by atoms with Crippen LogP contribution in [0.1, 0.15) is 37.3 Å². The van der Waals surface area contributed by atoms with Gasteiger partial charge >= 0.3 is 11.9 Å². The molecule has 0 spiro atoms. The number of esters is 1. The molecule has 0 fully saturated rings. The lowest BCUT2D eigenvalue weighted by Crippen LogP contribution is -2.42. The average Bonchev–Trinajstić information content (AvgIpc) is 2.77. The van der Waals surface area contributed by atoms with E-state index in [1.165, 1.54) is 6.92 Å². The summed E-state index contributed by atoms with van der Waals surface area (Å²) in [6.07, 6.45) is 0.843. The van der Waals surface area contributed by atoms with Crippen LogP contribution in [0.25, 0.3) is 0 Å². The zero-order valence-corrected chi connectivity index (χ0v) is 18.1. The Bertz CT molecular complexity index is 936. The van der Waals surface area contributed by atoms with Crippen LogP contribution in [0.2, 0.25) is 0 Å². The number of hydrogen-bond acceptors (Lipinski definition) is 6. The molecule has 2 N–H and O–H groups in total. The van der Waals surface area contributed by atoms with Crippen molar-refractivity contribution in [2.75, 3.05) is 7.11 Å². The first-order chi connectivity index (χ1) is 15.3. The standard InChI is InChI=1S/C24H27NO7/c1-16(26)3-14-23(28)32-20-11-6-18(7-12-20)15-21(24(29)30)25-22(27)13-8-17-4-9-19(31-2)10-5-17/h4-7,9-12,21H,3,8,13-15H2,1-2H3,(H,25,27)(H,29,30). The van der Waals surface area contributed by atoms with Crippen LogP contribution in [-0.2, 0) is 32.0 Å². The van der Waals surface area contributed by atoms with E-state index in [1.807, 2.05) is 12.1 Å². The minimum Gasteiger partial charge on any atom is -0.497 e. The first-order valence-electron chi connectivity index (χ1n) is 10.2. The van der Waals surface area contributed by atoms with Crippen molar-refractivity contribution >= 4 is 23.6 Å². The van der Waals surface area contributed by atoms with E-state index < -0.39 is 18.0 Å². The van der Waals surface area contributed by atoms with Crippen LogP contribution in [0.4, 0.5) is 0 Å². The number of carboxylic acid groups (broad SMARTS) is 1. The van der Waals surface area contributed by atoms with E-state index in [4.69, 9.17) is 9.47 Å². The largest absolute Gasteiger partial charge is 0.497 e. The maximum Gasteiger partial charge on any atom is 0.326 e. The lowest BCUT2D eigenvalue weighted by atomic mass is 10.0. The normalized spacial score (nSPS) is 11.3. The van der Waals surface area contributed by atoms with Crippen molar-refractivity contribution in [2.45, 2.75) is 45.1 Å². The minimum absolute atomic E-state index is 0.000725. The first-order valence-corrected chi connectivity index (χ1v) is 10.2. The number of benzene rings is 2. The predicted octanol–water partition coefficient (Wildman–Crippen LogP) is 2.71. The molecule has 0 aliphatic heterocycles. The number of methoxy groups -OCH3 is 1. The SMILES string of the molecule is COc1ccc(CCC(=O)NC(Cc2ccc(OC(=O)CCC(C)=O)cc2)C(=O)O)cc1. The van der Waals surface area contributed by atoms with Gasteiger partial charge in [-0.1, -0.05) is 24.3 Å². The molecule has 0 bridgehead atoms. The third kappa shape index (κ3) is 8.59. The highest BCUT2D eigenvalue weighted by molar-refractivity contribution is 5.84. The molecule has 1 amide bonds. The van der Waals surface area contributed by atoms with Crippen molar-refractivity contribution in [1.29, 1.82) is 0 Å². The lowest BCUT2D eigenvalue weighted by Gasteiger charge is -2.15. The molecule has 2 aromatic carbocycles. The second-order valence-corrected chi connectivity index (χ2v) is 7.33. The molecule has 1 atom stereocenters. The number of carboxylic acids is 1. The first kappa shape index (κ1) is 24.6. The monoisotopic (exact) mass is 441 g/mol. The van der Waals surface area contributed by atoms with Gasteiger partial charge < -0.3 is 24.7 Å². The van der Waals surface area contributed by atoms with E-state index in [-0.39, 0.29) is 37.4 Å². The van der Waals surface area contributed by atoms with Crippen molar-refractivity contribution < 1.29 is 33.8 Å². The Morgan fingerprint density at radius 2 is 1.47 bits per heavy atom. The van der Waals surface area contributed by atoms with Crippen LogP contribution in [0.5, 0.6) is 11.5 Å². The molecule has 8 nitrogen and oxygen atoms in total. The summed E-state index contributed by atoms with van der Waals surface area (Å²) in [6.45, 7) is 1.40. The van der Waals surface area contributed by atoms with E-state index >= 15 is 0 Å². The number of Topliss-reactive ketones (excluding diaryl/α,β-unsaturated/α-hetero) is 1. The van der Waals surface area contributed by atoms with E-state index in [0.29, 0.717) is 17.7 Å². The van der Waals surface area contributed by atoms with Gasteiger partial charge in [0.25, 0.3) is 0 Å². The van der Waals surface area contributed by atoms with E-state index in [1.54, 1.807) is 43.5 Å². The number of carbonyl (C=O) groups excluding carboxylic acids is 3. The summed E-state index contributed by atoms with van der Waals surface area (Å²) in [6, 6.07) is 12.6. The Morgan fingerprint density at radius 3 is 2.03 bits per heavy atom. The highest BCUT2D eigenvalue weighted by atomic mass is 16.5. The fraction of sp³-hybridized carbons (Fsp3) is 0.333. The van der Waals surface area contributed by atoms with Crippen LogP contribution in [0.15, 0.2) is 48.5 Å². The van der Waals surface area contributed by atoms with E-state index in [0.717, 1.165) is 11.3 Å². The lowest BCUT2D eigenvalue weighted by molar-refractivity contribution is -0.141. The van der Waals surface area contributed by atoms with Gasteiger partial charge in [0.2, 0.25) is 5.91 Å². The van der Waals surface area contributed by atoms with Crippen molar-refractivity contribution in [2.24, 2.45) is 0 Å². The average molecular weight is 441 g/mol. The number of ketones is 1. The Kier molecular flexibility index (Phi) is 9.41. The molecule has 32 heavy (non-hydrogen) atoms. The zero-order valence-electron chi connectivity index (χ0n) is 18.1. The number of nitrogens with one attached hydrogen (secondary N) is 1. The van der Waals surface area contributed by atoms with Crippen LogP contribution in [-0.4, -0.2) is 41.9 Å². The summed E-state index contributed by atoms with van der Waals surface area (Å²) in [7, 11) is 1.57. The molecule has 0 heterocycles. The predicted molar refractivity (Wildman–Crippen MR) is 117 cm³/mol. The molecule has 0 radical (unpaired) electrons. The van der Waals surface area contributed by atoms with Crippen molar-refractivity contribution in [3.8, 4) is 11.5 Å². The number of amides is 1.